The van der Waals surface area contributed by atoms with Crippen LogP contribution in [0, 0.1) is 0 Å². The summed E-state index contributed by atoms with van der Waals surface area (Å²) >= 11 is 0. The van der Waals surface area contributed by atoms with Crippen LogP contribution in [0.4, 0.5) is 0 Å². The van der Waals surface area contributed by atoms with Crippen molar-refractivity contribution in [2.24, 2.45) is 0 Å². The molecule has 0 saturated heterocycles. The number of carbonyl (C=O) groups is 4. The van der Waals surface area contributed by atoms with Gasteiger partial charge in [-0.2, -0.15) is 0 Å². The third kappa shape index (κ3) is 10.7. The lowest BCUT2D eigenvalue weighted by atomic mass is 10.0. The van der Waals surface area contributed by atoms with Gasteiger partial charge in [-0.15, -0.1) is 0 Å². The topological polar surface area (TPSA) is 116 Å². The second-order valence-electron chi connectivity index (χ2n) is 11.4. The highest BCUT2D eigenvalue weighted by Gasteiger charge is 2.26. The summed E-state index contributed by atoms with van der Waals surface area (Å²) in [6.07, 6.45) is 1.55. The Bertz CT molecular complexity index is 1330. The number of carbonyl (C=O) groups excluding carboxylic acids is 4. The van der Waals surface area contributed by atoms with Gasteiger partial charge < -0.3 is 21.3 Å². The number of aryl methyl sites for hydroxylation is 1. The Morgan fingerprint density at radius 2 is 1.41 bits per heavy atom. The number of benzene rings is 3. The van der Waals surface area contributed by atoms with Gasteiger partial charge in [0.25, 0.3) is 0 Å². The molecule has 4 N–H and O–H groups in total. The summed E-state index contributed by atoms with van der Waals surface area (Å²) in [5.74, 6) is -1.33. The number of amides is 4. The van der Waals surface area contributed by atoms with Crippen molar-refractivity contribution in [1.29, 1.82) is 0 Å². The zero-order chi connectivity index (χ0) is 29.8. The molecular weight excluding hydrogens is 516 g/mol. The molecule has 0 bridgehead atoms. The van der Waals surface area contributed by atoms with Gasteiger partial charge in [0.1, 0.15) is 12.1 Å². The first kappa shape index (κ1) is 31.3. The van der Waals surface area contributed by atoms with Crippen LogP contribution in [-0.4, -0.2) is 47.8 Å². The van der Waals surface area contributed by atoms with Crippen molar-refractivity contribution < 1.29 is 19.2 Å². The van der Waals surface area contributed by atoms with Gasteiger partial charge in [-0.1, -0.05) is 72.8 Å². The zero-order valence-corrected chi connectivity index (χ0v) is 24.5. The molecule has 8 nitrogen and oxygen atoms in total. The van der Waals surface area contributed by atoms with Crippen molar-refractivity contribution >= 4 is 34.4 Å². The minimum Gasteiger partial charge on any atom is -0.354 e. The predicted molar refractivity (Wildman–Crippen MR) is 162 cm³/mol. The monoisotopic (exact) mass is 558 g/mol. The highest BCUT2D eigenvalue weighted by molar-refractivity contribution is 5.92. The van der Waals surface area contributed by atoms with Crippen molar-refractivity contribution in [2.75, 3.05) is 6.54 Å². The third-order valence-electron chi connectivity index (χ3n) is 6.64. The van der Waals surface area contributed by atoms with Gasteiger partial charge in [-0.05, 0) is 68.9 Å². The highest BCUT2D eigenvalue weighted by atomic mass is 16.2. The summed E-state index contributed by atoms with van der Waals surface area (Å²) in [4.78, 5) is 51.1. The van der Waals surface area contributed by atoms with E-state index in [4.69, 9.17) is 0 Å². The summed E-state index contributed by atoms with van der Waals surface area (Å²) in [6.45, 7) is 7.65. The summed E-state index contributed by atoms with van der Waals surface area (Å²) in [5.41, 5.74) is 1.74. The van der Waals surface area contributed by atoms with Crippen LogP contribution in [0.2, 0.25) is 0 Å². The van der Waals surface area contributed by atoms with Crippen molar-refractivity contribution in [3.8, 4) is 0 Å². The highest BCUT2D eigenvalue weighted by Crippen LogP contribution is 2.18. The molecule has 41 heavy (non-hydrogen) atoms. The van der Waals surface area contributed by atoms with Gasteiger partial charge in [-0.25, -0.2) is 0 Å². The molecule has 0 saturated carbocycles. The first-order valence-corrected chi connectivity index (χ1v) is 14.2. The van der Waals surface area contributed by atoms with Gasteiger partial charge in [0.15, 0.2) is 0 Å². The largest absolute Gasteiger partial charge is 0.354 e. The van der Waals surface area contributed by atoms with E-state index in [1.807, 2.05) is 75.4 Å². The fourth-order valence-corrected chi connectivity index (χ4v) is 4.56. The first-order valence-electron chi connectivity index (χ1n) is 14.2. The molecule has 0 heterocycles. The number of nitrogens with one attached hydrogen (secondary N) is 4. The molecule has 0 aromatic heterocycles. The van der Waals surface area contributed by atoms with E-state index in [2.05, 4.69) is 39.5 Å². The number of rotatable bonds is 13. The van der Waals surface area contributed by atoms with Crippen molar-refractivity contribution in [3.63, 3.8) is 0 Å². The van der Waals surface area contributed by atoms with Crippen LogP contribution in [0.5, 0.6) is 0 Å². The average molecular weight is 559 g/mol. The molecule has 3 aromatic rings. The zero-order valence-electron chi connectivity index (χ0n) is 24.5. The van der Waals surface area contributed by atoms with Crippen molar-refractivity contribution in [3.05, 3.63) is 83.9 Å². The SMILES string of the molecule is CC(NC(=O)C(CCC(=O)NC(C)(C)C)NC(=O)CCc1ccccc1)C(=O)NCCc1cccc2ccccc12. The van der Waals surface area contributed by atoms with Gasteiger partial charge in [0.2, 0.25) is 23.6 Å². The fraction of sp³-hybridized carbons (Fsp3) is 0.394. The maximum atomic E-state index is 13.2. The first-order chi connectivity index (χ1) is 19.5. The minimum atomic E-state index is -0.949. The molecule has 0 aliphatic heterocycles. The lowest BCUT2D eigenvalue weighted by Crippen LogP contribution is -2.53. The number of hydrogen-bond acceptors (Lipinski definition) is 4. The maximum Gasteiger partial charge on any atom is 0.243 e. The van der Waals surface area contributed by atoms with Gasteiger partial charge in [0, 0.05) is 24.9 Å². The summed E-state index contributed by atoms with van der Waals surface area (Å²) in [6, 6.07) is 22.0. The van der Waals surface area contributed by atoms with Crippen LogP contribution in [0.3, 0.4) is 0 Å². The minimum absolute atomic E-state index is 0.0555. The van der Waals surface area contributed by atoms with Crippen LogP contribution in [0.1, 0.15) is 58.1 Å². The van der Waals surface area contributed by atoms with Crippen molar-refractivity contribution in [2.45, 2.75) is 77.4 Å². The molecule has 0 aliphatic carbocycles. The summed E-state index contributed by atoms with van der Waals surface area (Å²) < 4.78 is 0. The van der Waals surface area contributed by atoms with Crippen LogP contribution < -0.4 is 21.3 Å². The third-order valence-corrected chi connectivity index (χ3v) is 6.64. The second-order valence-corrected chi connectivity index (χ2v) is 11.4. The molecule has 0 spiro atoms. The van der Waals surface area contributed by atoms with E-state index in [1.54, 1.807) is 6.92 Å². The number of fused-ring (bicyclic) bond motifs is 1. The lowest BCUT2D eigenvalue weighted by Gasteiger charge is -2.23. The molecular formula is C33H42N4O4. The second kappa shape index (κ2) is 15.0. The van der Waals surface area contributed by atoms with Crippen LogP contribution in [0.15, 0.2) is 72.8 Å². The summed E-state index contributed by atoms with van der Waals surface area (Å²) in [5, 5.41) is 13.5. The van der Waals surface area contributed by atoms with E-state index in [0.717, 1.165) is 21.9 Å². The van der Waals surface area contributed by atoms with E-state index in [9.17, 15) is 19.2 Å². The number of hydrogen-bond donors (Lipinski definition) is 4. The Morgan fingerprint density at radius 1 is 0.732 bits per heavy atom. The molecule has 2 unspecified atom stereocenters. The van der Waals surface area contributed by atoms with Crippen LogP contribution >= 0.6 is 0 Å². The fourth-order valence-electron chi connectivity index (χ4n) is 4.56. The van der Waals surface area contributed by atoms with E-state index >= 15 is 0 Å². The molecule has 4 amide bonds. The molecule has 3 aromatic carbocycles. The summed E-state index contributed by atoms with van der Waals surface area (Å²) in [7, 11) is 0. The Hall–Kier alpha value is -4.20. The van der Waals surface area contributed by atoms with E-state index in [1.165, 1.54) is 0 Å². The smallest absolute Gasteiger partial charge is 0.243 e. The van der Waals surface area contributed by atoms with Gasteiger partial charge in [0.05, 0.1) is 0 Å². The molecule has 0 aliphatic rings. The van der Waals surface area contributed by atoms with E-state index in [0.29, 0.717) is 19.4 Å². The standard InChI is InChI=1S/C33H42N4O4/c1-23(31(40)34-22-21-26-15-10-14-25-13-8-9-16-27(25)26)35-32(41)28(18-20-30(39)37-33(2,3)4)36-29(38)19-17-24-11-6-5-7-12-24/h5-16,23,28H,17-22H2,1-4H3,(H,34,40)(H,35,41)(H,36,38)(H,37,39). The molecule has 0 radical (unpaired) electrons. The Morgan fingerprint density at radius 3 is 2.15 bits per heavy atom. The Balaban J connectivity index is 1.55. The lowest BCUT2D eigenvalue weighted by molar-refractivity contribution is -0.132. The van der Waals surface area contributed by atoms with Crippen molar-refractivity contribution in [1.82, 2.24) is 21.3 Å². The van der Waals surface area contributed by atoms with Crippen LogP contribution in [-0.2, 0) is 32.0 Å². The van der Waals surface area contributed by atoms with Crippen LogP contribution in [0.25, 0.3) is 10.8 Å². The molecule has 2 atom stereocenters. The average Bonchev–Trinajstić information content (AvgIpc) is 2.93. The van der Waals surface area contributed by atoms with Gasteiger partial charge in [-0.3, -0.25) is 19.2 Å². The molecule has 3 rings (SSSR count). The normalized spacial score (nSPS) is 12.7. The quantitative estimate of drug-likeness (QED) is 0.255. The maximum absolute atomic E-state index is 13.2. The Labute approximate surface area is 242 Å². The predicted octanol–water partition coefficient (Wildman–Crippen LogP) is 3.82. The molecule has 8 heteroatoms. The molecule has 218 valence electrons. The van der Waals surface area contributed by atoms with E-state index in [-0.39, 0.29) is 37.0 Å². The Kier molecular flexibility index (Phi) is 11.4. The van der Waals surface area contributed by atoms with E-state index < -0.39 is 23.5 Å². The van der Waals surface area contributed by atoms with Gasteiger partial charge >= 0.3 is 0 Å². The molecule has 0 fully saturated rings.